The van der Waals surface area contributed by atoms with Gasteiger partial charge in [-0.05, 0) is 44.2 Å². The Kier molecular flexibility index (Phi) is 12.1. The van der Waals surface area contributed by atoms with Gasteiger partial charge < -0.3 is 4.90 Å². The van der Waals surface area contributed by atoms with Gasteiger partial charge in [-0.25, -0.2) is 0 Å². The highest BCUT2D eigenvalue weighted by atomic mass is 15.1. The second kappa shape index (κ2) is 13.0. The maximum absolute atomic E-state index is 2.30. The molecule has 0 amide bonds. The average Bonchev–Trinajstić information content (AvgIpc) is 2.52. The van der Waals surface area contributed by atoms with Crippen molar-refractivity contribution in [3.05, 3.63) is 53.6 Å². The molecule has 130 valence electrons. The lowest BCUT2D eigenvalue weighted by molar-refractivity contribution is 0.731. The molecule has 0 heterocycles. The Morgan fingerprint density at radius 2 is 1.70 bits per heavy atom. The van der Waals surface area contributed by atoms with Crippen molar-refractivity contribution in [2.45, 2.75) is 60.8 Å². The van der Waals surface area contributed by atoms with Crippen LogP contribution in [0.1, 0.15) is 59.4 Å². The first-order valence-corrected chi connectivity index (χ1v) is 9.07. The third kappa shape index (κ3) is 9.99. The third-order valence-electron chi connectivity index (χ3n) is 3.58. The van der Waals surface area contributed by atoms with E-state index in [-0.39, 0.29) is 0 Å². The molecule has 1 aliphatic carbocycles. The Hall–Kier alpha value is -1.50. The lowest BCUT2D eigenvalue weighted by Gasteiger charge is -2.20. The molecule has 1 heteroatoms. The van der Waals surface area contributed by atoms with Crippen LogP contribution in [0.3, 0.4) is 0 Å². The van der Waals surface area contributed by atoms with E-state index in [9.17, 15) is 0 Å². The molecule has 0 saturated heterocycles. The maximum Gasteiger partial charge on any atom is 0.0393 e. The van der Waals surface area contributed by atoms with Gasteiger partial charge in [0, 0.05) is 19.3 Å². The molecule has 1 nitrogen and oxygen atoms in total. The highest BCUT2D eigenvalue weighted by Gasteiger charge is 2.00. The number of para-hydroxylation sites is 1. The predicted molar refractivity (Wildman–Crippen MR) is 107 cm³/mol. The Morgan fingerprint density at radius 1 is 1.09 bits per heavy atom. The Morgan fingerprint density at radius 3 is 2.13 bits per heavy atom. The molecule has 0 saturated carbocycles. The summed E-state index contributed by atoms with van der Waals surface area (Å²) in [5.41, 5.74) is 4.11. The molecule has 2 rings (SSSR count). The largest absolute Gasteiger partial charge is 0.374 e. The van der Waals surface area contributed by atoms with E-state index in [0.29, 0.717) is 0 Å². The van der Waals surface area contributed by atoms with Gasteiger partial charge in [0.2, 0.25) is 0 Å². The fourth-order valence-corrected chi connectivity index (χ4v) is 2.28. The van der Waals surface area contributed by atoms with Crippen LogP contribution < -0.4 is 4.90 Å². The summed E-state index contributed by atoms with van der Waals surface area (Å²) in [6.45, 7) is 14.1. The first-order chi connectivity index (χ1) is 11.0. The van der Waals surface area contributed by atoms with Gasteiger partial charge in [0.15, 0.2) is 0 Å². The van der Waals surface area contributed by atoms with Gasteiger partial charge in [0.05, 0.1) is 0 Å². The van der Waals surface area contributed by atoms with Crippen molar-refractivity contribution >= 4 is 5.69 Å². The number of hydrogen-bond acceptors (Lipinski definition) is 1. The van der Waals surface area contributed by atoms with Gasteiger partial charge in [0.25, 0.3) is 0 Å². The van der Waals surface area contributed by atoms with Crippen LogP contribution in [0.15, 0.2) is 48.1 Å². The summed E-state index contributed by atoms with van der Waals surface area (Å²) < 4.78 is 0. The van der Waals surface area contributed by atoms with Crippen LogP contribution in [-0.4, -0.2) is 13.6 Å². The van der Waals surface area contributed by atoms with Crippen molar-refractivity contribution in [2.24, 2.45) is 5.92 Å². The van der Waals surface area contributed by atoms with E-state index in [1.807, 2.05) is 0 Å². The monoisotopic (exact) mass is 315 g/mol. The standard InChI is InChI=1S/C11H17N.C8H12.C3H8/c1-4-9-12(3)11-8-6-5-7-10(11)2;1-7-3-5-8(2)6-4-7;1-3-2/h5-8H,4,9H2,1-3H3;3-5,8H,6H2,1-2H3;3H2,1-2H3. The Labute approximate surface area is 145 Å². The highest BCUT2D eigenvalue weighted by Crippen LogP contribution is 2.17. The van der Waals surface area contributed by atoms with Crippen molar-refractivity contribution in [2.75, 3.05) is 18.5 Å². The molecule has 1 aliphatic rings. The second-order valence-electron chi connectivity index (χ2n) is 6.44. The van der Waals surface area contributed by atoms with Crippen LogP contribution in [0.5, 0.6) is 0 Å². The fourth-order valence-electron chi connectivity index (χ4n) is 2.28. The first-order valence-electron chi connectivity index (χ1n) is 9.07. The minimum atomic E-state index is 0.763. The smallest absolute Gasteiger partial charge is 0.0393 e. The third-order valence-corrected chi connectivity index (χ3v) is 3.58. The van der Waals surface area contributed by atoms with Crippen molar-refractivity contribution in [3.8, 4) is 0 Å². The average molecular weight is 316 g/mol. The summed E-state index contributed by atoms with van der Waals surface area (Å²) in [4.78, 5) is 2.30. The Bertz CT molecular complexity index is 471. The number of benzene rings is 1. The van der Waals surface area contributed by atoms with E-state index in [1.54, 1.807) is 0 Å². The van der Waals surface area contributed by atoms with Gasteiger partial charge in [-0.2, -0.15) is 0 Å². The molecule has 0 aromatic heterocycles. The van der Waals surface area contributed by atoms with Gasteiger partial charge >= 0.3 is 0 Å². The van der Waals surface area contributed by atoms with Crippen molar-refractivity contribution in [1.29, 1.82) is 0 Å². The number of nitrogens with zero attached hydrogens (tertiary/aromatic N) is 1. The van der Waals surface area contributed by atoms with Crippen molar-refractivity contribution < 1.29 is 0 Å². The molecule has 1 atom stereocenters. The molecule has 1 unspecified atom stereocenters. The lowest BCUT2D eigenvalue weighted by atomic mass is 10.00. The Balaban J connectivity index is 0.000000379. The van der Waals surface area contributed by atoms with Crippen molar-refractivity contribution in [3.63, 3.8) is 0 Å². The first kappa shape index (κ1) is 21.5. The highest BCUT2D eigenvalue weighted by molar-refractivity contribution is 5.52. The van der Waals surface area contributed by atoms with Crippen LogP contribution in [0, 0.1) is 12.8 Å². The van der Waals surface area contributed by atoms with E-state index in [1.165, 1.54) is 36.1 Å². The predicted octanol–water partition coefficient (Wildman–Crippen LogP) is 6.79. The minimum Gasteiger partial charge on any atom is -0.374 e. The SMILES string of the molecule is CC1=CCC(C)C=C1.CCC.CCCN(C)c1ccccc1C. The molecule has 1 aromatic carbocycles. The summed E-state index contributed by atoms with van der Waals surface area (Å²) in [7, 11) is 2.14. The molecule has 23 heavy (non-hydrogen) atoms. The number of hydrogen-bond donors (Lipinski definition) is 0. The zero-order valence-corrected chi connectivity index (χ0v) is 16.4. The van der Waals surface area contributed by atoms with Gasteiger partial charge in [-0.15, -0.1) is 0 Å². The summed E-state index contributed by atoms with van der Waals surface area (Å²) in [5.74, 6) is 0.763. The number of anilines is 1. The second-order valence-corrected chi connectivity index (χ2v) is 6.44. The summed E-state index contributed by atoms with van der Waals surface area (Å²) in [6.07, 6.45) is 10.4. The lowest BCUT2D eigenvalue weighted by Crippen LogP contribution is -2.18. The molecule has 0 aliphatic heterocycles. The molecule has 0 N–H and O–H groups in total. The summed E-state index contributed by atoms with van der Waals surface area (Å²) in [6, 6.07) is 8.50. The number of rotatable bonds is 3. The van der Waals surface area contributed by atoms with E-state index >= 15 is 0 Å². The minimum absolute atomic E-state index is 0.763. The van der Waals surface area contributed by atoms with Crippen LogP contribution in [0.25, 0.3) is 0 Å². The maximum atomic E-state index is 2.30. The molecule has 1 aromatic rings. The van der Waals surface area contributed by atoms with Crippen molar-refractivity contribution in [1.82, 2.24) is 0 Å². The van der Waals surface area contributed by atoms with E-state index in [0.717, 1.165) is 12.5 Å². The molecule has 0 fully saturated rings. The quantitative estimate of drug-likeness (QED) is 0.593. The van der Waals surface area contributed by atoms with Gasteiger partial charge in [-0.1, -0.05) is 76.1 Å². The number of aryl methyl sites for hydroxylation is 1. The van der Waals surface area contributed by atoms with Crippen LogP contribution in [0.4, 0.5) is 5.69 Å². The molecular formula is C22H37N. The van der Waals surface area contributed by atoms with Crippen LogP contribution in [-0.2, 0) is 0 Å². The van der Waals surface area contributed by atoms with Crippen LogP contribution in [0.2, 0.25) is 0 Å². The normalized spacial score (nSPS) is 15.6. The summed E-state index contributed by atoms with van der Waals surface area (Å²) >= 11 is 0. The summed E-state index contributed by atoms with van der Waals surface area (Å²) in [5, 5.41) is 0. The molecule has 0 bridgehead atoms. The van der Waals surface area contributed by atoms with E-state index in [2.05, 4.69) is 96.0 Å². The number of allylic oxidation sites excluding steroid dienone is 4. The zero-order chi connectivity index (χ0) is 17.7. The van der Waals surface area contributed by atoms with E-state index < -0.39 is 0 Å². The van der Waals surface area contributed by atoms with E-state index in [4.69, 9.17) is 0 Å². The zero-order valence-electron chi connectivity index (χ0n) is 16.4. The fraction of sp³-hybridized carbons (Fsp3) is 0.545. The topological polar surface area (TPSA) is 3.24 Å². The molecule has 0 radical (unpaired) electrons. The molecule has 0 spiro atoms. The molecular weight excluding hydrogens is 278 g/mol. The van der Waals surface area contributed by atoms with Gasteiger partial charge in [0.1, 0.15) is 0 Å². The van der Waals surface area contributed by atoms with Gasteiger partial charge in [-0.3, -0.25) is 0 Å². The van der Waals surface area contributed by atoms with Crippen LogP contribution >= 0.6 is 0 Å².